The molecular weight excluding hydrogens is 242 g/mol. The SMILES string of the molecule is CCCCC(=O)OC(C)(C)C(=O)NC1CCCCC1. The second-order valence-electron chi connectivity index (χ2n) is 5.90. The fourth-order valence-electron chi connectivity index (χ4n) is 2.31. The predicted octanol–water partition coefficient (Wildman–Crippen LogP) is 2.95. The van der Waals surface area contributed by atoms with Gasteiger partial charge < -0.3 is 10.1 Å². The van der Waals surface area contributed by atoms with Crippen LogP contribution in [0.3, 0.4) is 0 Å². The van der Waals surface area contributed by atoms with Crippen LogP contribution in [0.15, 0.2) is 0 Å². The predicted molar refractivity (Wildman–Crippen MR) is 74.7 cm³/mol. The van der Waals surface area contributed by atoms with Crippen molar-refractivity contribution in [2.75, 3.05) is 0 Å². The molecule has 1 aliphatic rings. The second-order valence-corrected chi connectivity index (χ2v) is 5.90. The van der Waals surface area contributed by atoms with E-state index >= 15 is 0 Å². The Morgan fingerprint density at radius 2 is 1.84 bits per heavy atom. The van der Waals surface area contributed by atoms with Crippen molar-refractivity contribution >= 4 is 11.9 Å². The number of esters is 1. The van der Waals surface area contributed by atoms with Gasteiger partial charge in [0.05, 0.1) is 0 Å². The minimum Gasteiger partial charge on any atom is -0.450 e. The molecule has 1 rings (SSSR count). The Labute approximate surface area is 116 Å². The average Bonchev–Trinajstić information content (AvgIpc) is 2.37. The molecule has 0 aliphatic heterocycles. The van der Waals surface area contributed by atoms with Gasteiger partial charge in [-0.2, -0.15) is 0 Å². The molecule has 0 aromatic rings. The van der Waals surface area contributed by atoms with Gasteiger partial charge in [-0.25, -0.2) is 0 Å². The minimum absolute atomic E-state index is 0.177. The van der Waals surface area contributed by atoms with E-state index in [9.17, 15) is 9.59 Å². The van der Waals surface area contributed by atoms with Crippen LogP contribution in [-0.4, -0.2) is 23.5 Å². The van der Waals surface area contributed by atoms with Crippen molar-refractivity contribution in [3.63, 3.8) is 0 Å². The van der Waals surface area contributed by atoms with Gasteiger partial charge in [-0.3, -0.25) is 9.59 Å². The van der Waals surface area contributed by atoms with Gasteiger partial charge in [-0.1, -0.05) is 32.6 Å². The van der Waals surface area contributed by atoms with Gasteiger partial charge in [0, 0.05) is 12.5 Å². The summed E-state index contributed by atoms with van der Waals surface area (Å²) in [4.78, 5) is 23.8. The molecule has 0 heterocycles. The third-order valence-corrected chi connectivity index (χ3v) is 3.59. The molecule has 1 saturated carbocycles. The van der Waals surface area contributed by atoms with Crippen LogP contribution in [0, 0.1) is 0 Å². The van der Waals surface area contributed by atoms with Crippen LogP contribution < -0.4 is 5.32 Å². The quantitative estimate of drug-likeness (QED) is 0.754. The summed E-state index contributed by atoms with van der Waals surface area (Å²) in [5.74, 6) is -0.463. The molecule has 0 saturated heterocycles. The minimum atomic E-state index is -1.07. The average molecular weight is 269 g/mol. The zero-order chi connectivity index (χ0) is 14.3. The zero-order valence-corrected chi connectivity index (χ0v) is 12.5. The number of amides is 1. The molecule has 0 spiro atoms. The van der Waals surface area contributed by atoms with Crippen LogP contribution in [-0.2, 0) is 14.3 Å². The molecule has 1 aliphatic carbocycles. The maximum Gasteiger partial charge on any atom is 0.306 e. The second kappa shape index (κ2) is 7.51. The molecular formula is C15H27NO3. The highest BCUT2D eigenvalue weighted by Gasteiger charge is 2.33. The molecule has 1 N–H and O–H groups in total. The Balaban J connectivity index is 2.41. The number of hydrogen-bond acceptors (Lipinski definition) is 3. The van der Waals surface area contributed by atoms with Gasteiger partial charge >= 0.3 is 5.97 Å². The Hall–Kier alpha value is -1.06. The molecule has 0 unspecified atom stereocenters. The van der Waals surface area contributed by atoms with E-state index < -0.39 is 5.60 Å². The lowest BCUT2D eigenvalue weighted by Gasteiger charge is -2.29. The Bertz CT molecular complexity index is 307. The first-order valence-corrected chi connectivity index (χ1v) is 7.48. The van der Waals surface area contributed by atoms with E-state index in [0.717, 1.165) is 25.7 Å². The Morgan fingerprint density at radius 3 is 2.42 bits per heavy atom. The molecule has 1 fully saturated rings. The first-order chi connectivity index (χ1) is 8.95. The Kier molecular flexibility index (Phi) is 6.32. The van der Waals surface area contributed by atoms with E-state index in [1.165, 1.54) is 19.3 Å². The standard InChI is InChI=1S/C15H27NO3/c1-4-5-11-13(17)19-15(2,3)14(18)16-12-9-7-6-8-10-12/h12H,4-11H2,1-3H3,(H,16,18). The summed E-state index contributed by atoms with van der Waals surface area (Å²) in [6, 6.07) is 0.245. The lowest BCUT2D eigenvalue weighted by atomic mass is 9.94. The third kappa shape index (κ3) is 5.62. The molecule has 0 radical (unpaired) electrons. The van der Waals surface area contributed by atoms with Crippen molar-refractivity contribution in [3.05, 3.63) is 0 Å². The van der Waals surface area contributed by atoms with Crippen molar-refractivity contribution < 1.29 is 14.3 Å². The van der Waals surface area contributed by atoms with Gasteiger partial charge in [-0.05, 0) is 33.1 Å². The summed E-state index contributed by atoms with van der Waals surface area (Å²) >= 11 is 0. The van der Waals surface area contributed by atoms with Crippen LogP contribution in [0.2, 0.25) is 0 Å². The van der Waals surface area contributed by atoms with Crippen molar-refractivity contribution in [1.82, 2.24) is 5.32 Å². The molecule has 1 amide bonds. The highest BCUT2D eigenvalue weighted by molar-refractivity contribution is 5.87. The van der Waals surface area contributed by atoms with Crippen molar-refractivity contribution in [2.45, 2.75) is 83.8 Å². The number of rotatable bonds is 6. The van der Waals surface area contributed by atoms with Gasteiger partial charge in [0.2, 0.25) is 0 Å². The summed E-state index contributed by atoms with van der Waals surface area (Å²) in [6.45, 7) is 5.35. The zero-order valence-electron chi connectivity index (χ0n) is 12.5. The number of carbonyl (C=O) groups excluding carboxylic acids is 2. The number of hydrogen-bond donors (Lipinski definition) is 1. The molecule has 0 atom stereocenters. The highest BCUT2D eigenvalue weighted by atomic mass is 16.6. The van der Waals surface area contributed by atoms with Gasteiger partial charge in [0.1, 0.15) is 0 Å². The highest BCUT2D eigenvalue weighted by Crippen LogP contribution is 2.19. The van der Waals surface area contributed by atoms with Crippen molar-refractivity contribution in [1.29, 1.82) is 0 Å². The van der Waals surface area contributed by atoms with Crippen molar-refractivity contribution in [3.8, 4) is 0 Å². The summed E-state index contributed by atoms with van der Waals surface area (Å²) in [5.41, 5.74) is -1.07. The fraction of sp³-hybridized carbons (Fsp3) is 0.867. The van der Waals surface area contributed by atoms with E-state index in [-0.39, 0.29) is 17.9 Å². The molecule has 0 bridgehead atoms. The topological polar surface area (TPSA) is 55.4 Å². The van der Waals surface area contributed by atoms with E-state index in [1.54, 1.807) is 13.8 Å². The summed E-state index contributed by atoms with van der Waals surface area (Å²) in [5, 5.41) is 3.00. The molecule has 0 aromatic carbocycles. The summed E-state index contributed by atoms with van der Waals surface area (Å²) in [6.07, 6.45) is 7.79. The van der Waals surface area contributed by atoms with Crippen LogP contribution >= 0.6 is 0 Å². The van der Waals surface area contributed by atoms with Gasteiger partial charge in [0.25, 0.3) is 5.91 Å². The molecule has 19 heavy (non-hydrogen) atoms. The molecule has 110 valence electrons. The fourth-order valence-corrected chi connectivity index (χ4v) is 2.31. The first kappa shape index (κ1) is 16.0. The lowest BCUT2D eigenvalue weighted by Crippen LogP contribution is -2.49. The number of carbonyl (C=O) groups is 2. The van der Waals surface area contributed by atoms with Crippen LogP contribution in [0.25, 0.3) is 0 Å². The maximum atomic E-state index is 12.2. The van der Waals surface area contributed by atoms with E-state index in [1.807, 2.05) is 6.92 Å². The van der Waals surface area contributed by atoms with Gasteiger partial charge in [-0.15, -0.1) is 0 Å². The van der Waals surface area contributed by atoms with Crippen LogP contribution in [0.4, 0.5) is 0 Å². The molecule has 0 aromatic heterocycles. The smallest absolute Gasteiger partial charge is 0.306 e. The monoisotopic (exact) mass is 269 g/mol. The van der Waals surface area contributed by atoms with Gasteiger partial charge in [0.15, 0.2) is 5.60 Å². The van der Waals surface area contributed by atoms with E-state index in [2.05, 4.69) is 5.32 Å². The maximum absolute atomic E-state index is 12.2. The molecule has 4 nitrogen and oxygen atoms in total. The summed E-state index contributed by atoms with van der Waals surface area (Å²) in [7, 11) is 0. The number of ether oxygens (including phenoxy) is 1. The first-order valence-electron chi connectivity index (χ1n) is 7.48. The van der Waals surface area contributed by atoms with Crippen LogP contribution in [0.5, 0.6) is 0 Å². The molecule has 4 heteroatoms. The van der Waals surface area contributed by atoms with E-state index in [4.69, 9.17) is 4.74 Å². The number of unbranched alkanes of at least 4 members (excludes halogenated alkanes) is 1. The Morgan fingerprint density at radius 1 is 1.21 bits per heavy atom. The lowest BCUT2D eigenvalue weighted by molar-refractivity contribution is -0.165. The normalized spacial score (nSPS) is 17.0. The largest absolute Gasteiger partial charge is 0.450 e. The third-order valence-electron chi connectivity index (χ3n) is 3.59. The van der Waals surface area contributed by atoms with Crippen LogP contribution in [0.1, 0.15) is 72.1 Å². The van der Waals surface area contributed by atoms with E-state index in [0.29, 0.717) is 6.42 Å². The summed E-state index contributed by atoms with van der Waals surface area (Å²) < 4.78 is 5.29. The number of nitrogens with one attached hydrogen (secondary N) is 1. The van der Waals surface area contributed by atoms with Crippen molar-refractivity contribution in [2.24, 2.45) is 0 Å².